The van der Waals surface area contributed by atoms with Crippen LogP contribution in [0.4, 0.5) is 0 Å². The van der Waals surface area contributed by atoms with E-state index in [2.05, 4.69) is 25.3 Å². The van der Waals surface area contributed by atoms with E-state index in [0.717, 1.165) is 5.56 Å². The lowest BCUT2D eigenvalue weighted by Crippen LogP contribution is -2.12. The van der Waals surface area contributed by atoms with Gasteiger partial charge in [-0.15, -0.1) is 0 Å². The molecule has 1 aromatic carbocycles. The van der Waals surface area contributed by atoms with Crippen LogP contribution < -0.4 is 5.73 Å². The predicted octanol–water partition coefficient (Wildman–Crippen LogP) is 0.903. The molecule has 0 spiro atoms. The van der Waals surface area contributed by atoms with E-state index in [9.17, 15) is 0 Å². The molecule has 0 radical (unpaired) electrons. The van der Waals surface area contributed by atoms with E-state index >= 15 is 0 Å². The monoisotopic (exact) mass is 242 g/mol. The van der Waals surface area contributed by atoms with Crippen molar-refractivity contribution < 1.29 is 4.52 Å². The molecule has 0 aliphatic heterocycles. The fraction of sp³-hybridized carbons (Fsp3) is 0.0909. The molecule has 0 amide bonds. The molecule has 3 aromatic rings. The van der Waals surface area contributed by atoms with Crippen LogP contribution in [0.25, 0.3) is 11.6 Å². The summed E-state index contributed by atoms with van der Waals surface area (Å²) < 4.78 is 5.13. The molecule has 0 bridgehead atoms. The van der Waals surface area contributed by atoms with Gasteiger partial charge in [0.25, 0.3) is 0 Å². The summed E-state index contributed by atoms with van der Waals surface area (Å²) in [5.74, 6) is 1.13. The van der Waals surface area contributed by atoms with Crippen molar-refractivity contribution in [2.24, 2.45) is 5.73 Å². The van der Waals surface area contributed by atoms with Crippen LogP contribution in [-0.4, -0.2) is 25.3 Å². The molecule has 7 nitrogen and oxygen atoms in total. The largest absolute Gasteiger partial charge is 0.337 e. The summed E-state index contributed by atoms with van der Waals surface area (Å²) in [7, 11) is 0. The van der Waals surface area contributed by atoms with Crippen LogP contribution in [0.3, 0.4) is 0 Å². The van der Waals surface area contributed by atoms with Crippen molar-refractivity contribution in [1.82, 2.24) is 25.3 Å². The first-order valence-corrected chi connectivity index (χ1v) is 5.34. The first kappa shape index (κ1) is 10.6. The molecule has 0 fully saturated rings. The first-order valence-electron chi connectivity index (χ1n) is 5.34. The van der Waals surface area contributed by atoms with Crippen molar-refractivity contribution in [3.8, 4) is 11.6 Å². The number of nitrogens with zero attached hydrogens (tertiary/aromatic N) is 4. The fourth-order valence-electron chi connectivity index (χ4n) is 1.57. The van der Waals surface area contributed by atoms with Crippen molar-refractivity contribution >= 4 is 0 Å². The van der Waals surface area contributed by atoms with Crippen molar-refractivity contribution in [3.05, 3.63) is 48.1 Å². The van der Waals surface area contributed by atoms with Gasteiger partial charge in [-0.3, -0.25) is 5.10 Å². The zero-order valence-electron chi connectivity index (χ0n) is 9.32. The quantitative estimate of drug-likeness (QED) is 0.706. The van der Waals surface area contributed by atoms with E-state index in [4.69, 9.17) is 10.3 Å². The van der Waals surface area contributed by atoms with Crippen LogP contribution in [-0.2, 0) is 0 Å². The Morgan fingerprint density at radius 3 is 2.78 bits per heavy atom. The summed E-state index contributed by atoms with van der Waals surface area (Å²) >= 11 is 0. The highest BCUT2D eigenvalue weighted by atomic mass is 16.5. The Morgan fingerprint density at radius 2 is 2.06 bits per heavy atom. The van der Waals surface area contributed by atoms with Gasteiger partial charge in [-0.1, -0.05) is 35.5 Å². The normalized spacial score (nSPS) is 12.5. The van der Waals surface area contributed by atoms with Crippen molar-refractivity contribution in [2.75, 3.05) is 0 Å². The molecule has 2 aromatic heterocycles. The molecule has 90 valence electrons. The lowest BCUT2D eigenvalue weighted by molar-refractivity contribution is 0.367. The zero-order chi connectivity index (χ0) is 12.4. The standard InChI is InChI=1S/C11H10N6O/c12-8(7-4-2-1-3-5-7)11-15-10(17-18-11)9-13-6-14-16-9/h1-6,8H,12H2,(H,13,14,16). The minimum Gasteiger partial charge on any atom is -0.337 e. The summed E-state index contributed by atoms with van der Waals surface area (Å²) in [6.07, 6.45) is 1.38. The van der Waals surface area contributed by atoms with Gasteiger partial charge in [0.1, 0.15) is 12.4 Å². The molecule has 3 N–H and O–H groups in total. The molecule has 0 saturated carbocycles. The van der Waals surface area contributed by atoms with Crippen LogP contribution >= 0.6 is 0 Å². The molecule has 18 heavy (non-hydrogen) atoms. The second kappa shape index (κ2) is 4.38. The molecule has 3 rings (SSSR count). The summed E-state index contributed by atoms with van der Waals surface area (Å²) in [4.78, 5) is 8.13. The third-order valence-corrected chi connectivity index (χ3v) is 2.49. The molecule has 0 aliphatic rings. The number of hydrogen-bond acceptors (Lipinski definition) is 6. The molecule has 0 saturated heterocycles. The van der Waals surface area contributed by atoms with Crippen molar-refractivity contribution in [3.63, 3.8) is 0 Å². The molecular weight excluding hydrogens is 232 g/mol. The summed E-state index contributed by atoms with van der Waals surface area (Å²) in [6.45, 7) is 0. The lowest BCUT2D eigenvalue weighted by Gasteiger charge is -2.05. The average Bonchev–Trinajstić information content (AvgIpc) is 3.09. The highest BCUT2D eigenvalue weighted by Crippen LogP contribution is 2.19. The predicted molar refractivity (Wildman–Crippen MR) is 62.1 cm³/mol. The van der Waals surface area contributed by atoms with Gasteiger partial charge in [0.05, 0.1) is 0 Å². The van der Waals surface area contributed by atoms with E-state index in [1.165, 1.54) is 6.33 Å². The van der Waals surface area contributed by atoms with Crippen molar-refractivity contribution in [1.29, 1.82) is 0 Å². The minimum absolute atomic E-state index is 0.340. The Bertz CT molecular complexity index is 618. The fourth-order valence-corrected chi connectivity index (χ4v) is 1.57. The van der Waals surface area contributed by atoms with Gasteiger partial charge in [-0.25, -0.2) is 4.98 Å². The van der Waals surface area contributed by atoms with E-state index in [1.807, 2.05) is 30.3 Å². The molecule has 7 heteroatoms. The molecule has 2 heterocycles. The molecule has 1 atom stereocenters. The Kier molecular flexibility index (Phi) is 2.58. The van der Waals surface area contributed by atoms with Crippen LogP contribution in [0.15, 0.2) is 41.2 Å². The minimum atomic E-state index is -0.449. The van der Waals surface area contributed by atoms with Crippen molar-refractivity contribution in [2.45, 2.75) is 6.04 Å². The first-order chi connectivity index (χ1) is 8.84. The maximum absolute atomic E-state index is 6.04. The zero-order valence-corrected chi connectivity index (χ0v) is 9.32. The van der Waals surface area contributed by atoms with Gasteiger partial charge in [0.2, 0.25) is 11.7 Å². The van der Waals surface area contributed by atoms with Gasteiger partial charge in [0.15, 0.2) is 5.82 Å². The Labute approximate surface area is 102 Å². The number of aromatic amines is 1. The summed E-state index contributed by atoms with van der Waals surface area (Å²) in [5, 5.41) is 10.2. The average molecular weight is 242 g/mol. The number of nitrogens with two attached hydrogens (primary N) is 1. The Hall–Kier alpha value is -2.54. The molecular formula is C11H10N6O. The third kappa shape index (κ3) is 1.87. The van der Waals surface area contributed by atoms with Crippen LogP contribution in [0.2, 0.25) is 0 Å². The van der Waals surface area contributed by atoms with Crippen LogP contribution in [0.5, 0.6) is 0 Å². The van der Waals surface area contributed by atoms with Gasteiger partial charge < -0.3 is 10.3 Å². The van der Waals surface area contributed by atoms with Crippen LogP contribution in [0, 0.1) is 0 Å². The van der Waals surface area contributed by atoms with E-state index < -0.39 is 6.04 Å². The maximum atomic E-state index is 6.04. The Morgan fingerprint density at radius 1 is 1.22 bits per heavy atom. The molecule has 0 aliphatic carbocycles. The number of H-pyrrole nitrogens is 1. The second-order valence-corrected chi connectivity index (χ2v) is 3.68. The third-order valence-electron chi connectivity index (χ3n) is 2.49. The number of aromatic nitrogens is 5. The maximum Gasteiger partial charge on any atom is 0.248 e. The van der Waals surface area contributed by atoms with E-state index in [1.54, 1.807) is 0 Å². The van der Waals surface area contributed by atoms with Gasteiger partial charge in [-0.2, -0.15) is 10.1 Å². The van der Waals surface area contributed by atoms with Crippen LogP contribution in [0.1, 0.15) is 17.5 Å². The topological polar surface area (TPSA) is 107 Å². The summed E-state index contributed by atoms with van der Waals surface area (Å²) in [5.41, 5.74) is 6.95. The van der Waals surface area contributed by atoms with E-state index in [-0.39, 0.29) is 0 Å². The second-order valence-electron chi connectivity index (χ2n) is 3.68. The molecule has 1 unspecified atom stereocenters. The SMILES string of the molecule is NC(c1ccccc1)c1nc(-c2ncn[nH]2)no1. The number of nitrogens with one attached hydrogen (secondary N) is 1. The number of hydrogen-bond donors (Lipinski definition) is 2. The highest BCUT2D eigenvalue weighted by Gasteiger charge is 2.18. The van der Waals surface area contributed by atoms with Gasteiger partial charge >= 0.3 is 0 Å². The van der Waals surface area contributed by atoms with Gasteiger partial charge in [0, 0.05) is 0 Å². The lowest BCUT2D eigenvalue weighted by atomic mass is 10.1. The summed E-state index contributed by atoms with van der Waals surface area (Å²) in [6, 6.07) is 9.09. The highest BCUT2D eigenvalue weighted by molar-refractivity contribution is 5.40. The number of benzene rings is 1. The smallest absolute Gasteiger partial charge is 0.248 e. The Balaban J connectivity index is 1.90. The van der Waals surface area contributed by atoms with Gasteiger partial charge in [-0.05, 0) is 5.56 Å². The van der Waals surface area contributed by atoms with E-state index in [0.29, 0.717) is 17.5 Å². The number of rotatable bonds is 3.